The molecular formula is C19H34N4O2. The Morgan fingerprint density at radius 1 is 1.28 bits per heavy atom. The Morgan fingerprint density at radius 3 is 2.76 bits per heavy atom. The number of nitrogens with one attached hydrogen (secondary N) is 2. The molecule has 0 bridgehead atoms. The normalized spacial score (nSPS) is 17.7. The lowest BCUT2D eigenvalue weighted by Crippen LogP contribution is -2.45. The molecule has 1 saturated heterocycles. The van der Waals surface area contributed by atoms with Crippen molar-refractivity contribution < 1.29 is 9.15 Å². The van der Waals surface area contributed by atoms with Gasteiger partial charge in [0.1, 0.15) is 5.76 Å². The first kappa shape index (κ1) is 19.8. The summed E-state index contributed by atoms with van der Waals surface area (Å²) in [6, 6.07) is 4.31. The molecule has 1 atom stereocenters. The third kappa shape index (κ3) is 7.92. The number of furan rings is 1. The lowest BCUT2D eigenvalue weighted by Gasteiger charge is -2.26. The summed E-state index contributed by atoms with van der Waals surface area (Å²) in [7, 11) is 0. The van der Waals surface area contributed by atoms with E-state index in [0.29, 0.717) is 12.0 Å². The van der Waals surface area contributed by atoms with Gasteiger partial charge in [0, 0.05) is 45.2 Å². The fourth-order valence-electron chi connectivity index (χ4n) is 2.60. The van der Waals surface area contributed by atoms with Crippen molar-refractivity contribution in [3.05, 3.63) is 24.2 Å². The Morgan fingerprint density at radius 2 is 2.08 bits per heavy atom. The summed E-state index contributed by atoms with van der Waals surface area (Å²) in [5.74, 6) is 2.45. The highest BCUT2D eigenvalue weighted by Gasteiger charge is 2.11. The van der Waals surface area contributed by atoms with Gasteiger partial charge in [-0.05, 0) is 31.4 Å². The van der Waals surface area contributed by atoms with Gasteiger partial charge in [0.15, 0.2) is 5.96 Å². The van der Waals surface area contributed by atoms with Gasteiger partial charge in [-0.3, -0.25) is 9.89 Å². The van der Waals surface area contributed by atoms with Crippen molar-refractivity contribution in [2.45, 2.75) is 39.7 Å². The number of ether oxygens (including phenoxy) is 1. The molecule has 1 aliphatic heterocycles. The van der Waals surface area contributed by atoms with Gasteiger partial charge < -0.3 is 19.8 Å². The second-order valence-electron chi connectivity index (χ2n) is 6.97. The molecule has 0 amide bonds. The molecule has 0 aromatic carbocycles. The smallest absolute Gasteiger partial charge is 0.191 e. The van der Waals surface area contributed by atoms with Gasteiger partial charge in [0.25, 0.3) is 0 Å². The lowest BCUT2D eigenvalue weighted by atomic mass is 10.1. The second kappa shape index (κ2) is 11.2. The minimum atomic E-state index is 0.383. The van der Waals surface area contributed by atoms with Gasteiger partial charge in [-0.1, -0.05) is 13.8 Å². The van der Waals surface area contributed by atoms with Crippen molar-refractivity contribution in [1.82, 2.24) is 15.5 Å². The molecule has 1 aromatic rings. The van der Waals surface area contributed by atoms with Gasteiger partial charge >= 0.3 is 0 Å². The van der Waals surface area contributed by atoms with E-state index in [4.69, 9.17) is 14.1 Å². The minimum absolute atomic E-state index is 0.383. The number of hydrogen-bond acceptors (Lipinski definition) is 4. The first-order valence-electron chi connectivity index (χ1n) is 9.52. The summed E-state index contributed by atoms with van der Waals surface area (Å²) in [6.07, 6.45) is 3.65. The number of aliphatic imine (C=N–C) groups is 1. The van der Waals surface area contributed by atoms with Crippen LogP contribution >= 0.6 is 0 Å². The number of guanidine groups is 1. The summed E-state index contributed by atoms with van der Waals surface area (Å²) in [6.45, 7) is 13.2. The Balaban J connectivity index is 1.75. The number of nitrogens with zero attached hydrogens (tertiary/aromatic N) is 2. The quantitative estimate of drug-likeness (QED) is 0.406. The van der Waals surface area contributed by atoms with Crippen molar-refractivity contribution in [3.63, 3.8) is 0 Å². The van der Waals surface area contributed by atoms with Crippen LogP contribution in [0.1, 0.15) is 33.0 Å². The van der Waals surface area contributed by atoms with Crippen molar-refractivity contribution in [1.29, 1.82) is 0 Å². The van der Waals surface area contributed by atoms with E-state index in [2.05, 4.69) is 36.3 Å². The summed E-state index contributed by atoms with van der Waals surface area (Å²) in [5, 5.41) is 6.94. The fourth-order valence-corrected chi connectivity index (χ4v) is 2.60. The van der Waals surface area contributed by atoms with Crippen molar-refractivity contribution in [2.24, 2.45) is 10.9 Å². The molecule has 2 rings (SSSR count). The number of hydrogen-bond donors (Lipinski definition) is 2. The van der Waals surface area contributed by atoms with E-state index in [9.17, 15) is 0 Å². The average Bonchev–Trinajstić information content (AvgIpc) is 3.12. The highest BCUT2D eigenvalue weighted by molar-refractivity contribution is 5.80. The largest absolute Gasteiger partial charge is 0.469 e. The van der Waals surface area contributed by atoms with Crippen LogP contribution in [0.3, 0.4) is 0 Å². The number of rotatable bonds is 9. The third-order valence-corrected chi connectivity index (χ3v) is 4.61. The Labute approximate surface area is 152 Å². The molecule has 1 aliphatic rings. The molecule has 1 aromatic heterocycles. The first-order valence-corrected chi connectivity index (χ1v) is 9.52. The Hall–Kier alpha value is -1.53. The van der Waals surface area contributed by atoms with E-state index in [1.54, 1.807) is 6.26 Å². The molecule has 0 spiro atoms. The molecule has 25 heavy (non-hydrogen) atoms. The zero-order chi connectivity index (χ0) is 17.9. The molecule has 0 aliphatic carbocycles. The van der Waals surface area contributed by atoms with Gasteiger partial charge in [-0.25, -0.2) is 0 Å². The molecule has 1 unspecified atom stereocenters. The van der Waals surface area contributed by atoms with Gasteiger partial charge in [-0.15, -0.1) is 0 Å². The maximum absolute atomic E-state index is 5.39. The summed E-state index contributed by atoms with van der Waals surface area (Å²) >= 11 is 0. The molecule has 1 fully saturated rings. The molecule has 0 radical (unpaired) electrons. The average molecular weight is 351 g/mol. The van der Waals surface area contributed by atoms with Crippen LogP contribution in [-0.4, -0.2) is 62.8 Å². The van der Waals surface area contributed by atoms with Crippen LogP contribution in [0.5, 0.6) is 0 Å². The van der Waals surface area contributed by atoms with Crippen molar-refractivity contribution in [2.75, 3.05) is 45.9 Å². The fraction of sp³-hybridized carbons (Fsp3) is 0.737. The molecule has 6 heteroatoms. The van der Waals surface area contributed by atoms with Crippen LogP contribution in [0.2, 0.25) is 0 Å². The first-order chi connectivity index (χ1) is 12.1. The minimum Gasteiger partial charge on any atom is -0.469 e. The highest BCUT2D eigenvalue weighted by Crippen LogP contribution is 2.02. The molecule has 142 valence electrons. The van der Waals surface area contributed by atoms with Crippen LogP contribution in [0, 0.1) is 5.92 Å². The van der Waals surface area contributed by atoms with Crippen LogP contribution in [-0.2, 0) is 11.2 Å². The van der Waals surface area contributed by atoms with E-state index in [0.717, 1.165) is 70.5 Å². The molecule has 6 nitrogen and oxygen atoms in total. The van der Waals surface area contributed by atoms with Crippen molar-refractivity contribution in [3.8, 4) is 0 Å². The van der Waals surface area contributed by atoms with E-state index >= 15 is 0 Å². The third-order valence-electron chi connectivity index (χ3n) is 4.61. The summed E-state index contributed by atoms with van der Waals surface area (Å²) < 4.78 is 10.8. The van der Waals surface area contributed by atoms with Crippen LogP contribution in [0.25, 0.3) is 0 Å². The van der Waals surface area contributed by atoms with E-state index < -0.39 is 0 Å². The predicted octanol–water partition coefficient (Wildman–Crippen LogP) is 2.12. The van der Waals surface area contributed by atoms with Gasteiger partial charge in [0.2, 0.25) is 0 Å². The van der Waals surface area contributed by atoms with Crippen LogP contribution in [0.4, 0.5) is 0 Å². The van der Waals surface area contributed by atoms with Crippen LogP contribution < -0.4 is 10.6 Å². The maximum atomic E-state index is 5.39. The Bertz CT molecular complexity index is 482. The van der Waals surface area contributed by atoms with Gasteiger partial charge in [-0.2, -0.15) is 0 Å². The highest BCUT2D eigenvalue weighted by atomic mass is 16.5. The van der Waals surface area contributed by atoms with Crippen LogP contribution in [0.15, 0.2) is 27.8 Å². The second-order valence-corrected chi connectivity index (χ2v) is 6.97. The topological polar surface area (TPSA) is 62.0 Å². The molecule has 2 N–H and O–H groups in total. The lowest BCUT2D eigenvalue weighted by molar-refractivity contribution is 0.0377. The Kier molecular flexibility index (Phi) is 8.83. The van der Waals surface area contributed by atoms with Crippen molar-refractivity contribution >= 4 is 5.96 Å². The SMILES string of the molecule is CC(C)C(C)NC(=NCCCN1CCOCC1)NCCc1ccco1. The summed E-state index contributed by atoms with van der Waals surface area (Å²) in [4.78, 5) is 7.21. The molecule has 0 saturated carbocycles. The number of morpholine rings is 1. The maximum Gasteiger partial charge on any atom is 0.191 e. The summed E-state index contributed by atoms with van der Waals surface area (Å²) in [5.41, 5.74) is 0. The zero-order valence-electron chi connectivity index (χ0n) is 16.0. The predicted molar refractivity (Wildman–Crippen MR) is 102 cm³/mol. The van der Waals surface area contributed by atoms with E-state index in [-0.39, 0.29) is 0 Å². The van der Waals surface area contributed by atoms with E-state index in [1.807, 2.05) is 12.1 Å². The zero-order valence-corrected chi connectivity index (χ0v) is 16.0. The molecule has 2 heterocycles. The van der Waals surface area contributed by atoms with Gasteiger partial charge in [0.05, 0.1) is 19.5 Å². The monoisotopic (exact) mass is 350 g/mol. The standard InChI is InChI=1S/C19H34N4O2/c1-16(2)17(3)22-19(21-9-7-18-6-4-13-25-18)20-8-5-10-23-11-14-24-15-12-23/h4,6,13,16-17H,5,7-12,14-15H2,1-3H3,(H2,20,21,22). The van der Waals surface area contributed by atoms with E-state index in [1.165, 1.54) is 0 Å². The molecular weight excluding hydrogens is 316 g/mol.